The average molecular weight is 250 g/mol. The lowest BCUT2D eigenvalue weighted by Gasteiger charge is -2.10. The number of hydrogen-bond donors (Lipinski definition) is 2. The molecule has 5 nitrogen and oxygen atoms in total. The summed E-state index contributed by atoms with van der Waals surface area (Å²) in [5.41, 5.74) is 1.96. The Bertz CT molecular complexity index is 419. The van der Waals surface area contributed by atoms with Crippen LogP contribution in [0.15, 0.2) is 18.2 Å². The molecule has 0 saturated carbocycles. The van der Waals surface area contributed by atoms with Crippen molar-refractivity contribution in [3.8, 4) is 0 Å². The molecule has 18 heavy (non-hydrogen) atoms. The van der Waals surface area contributed by atoms with Crippen molar-refractivity contribution in [3.05, 3.63) is 29.3 Å². The third-order valence-corrected chi connectivity index (χ3v) is 2.47. The van der Waals surface area contributed by atoms with E-state index in [1.165, 1.54) is 13.3 Å². The van der Waals surface area contributed by atoms with E-state index in [0.717, 1.165) is 24.2 Å². The quantitative estimate of drug-likeness (QED) is 0.440. The number of benzene rings is 1. The van der Waals surface area contributed by atoms with Crippen LogP contribution in [-0.2, 0) is 9.47 Å². The molecule has 0 aliphatic rings. The molecule has 0 fully saturated rings. The highest BCUT2D eigenvalue weighted by Crippen LogP contribution is 2.17. The molecule has 1 aromatic rings. The Morgan fingerprint density at radius 3 is 2.83 bits per heavy atom. The summed E-state index contributed by atoms with van der Waals surface area (Å²) in [6.45, 7) is 1.39. The molecular weight excluding hydrogens is 232 g/mol. The lowest BCUT2D eigenvalue weighted by Crippen LogP contribution is -2.08. The summed E-state index contributed by atoms with van der Waals surface area (Å²) in [4.78, 5) is 11.4. The van der Waals surface area contributed by atoms with Gasteiger partial charge in [0, 0.05) is 37.7 Å². The second-order valence-electron chi connectivity index (χ2n) is 3.71. The number of hydrogen-bond acceptors (Lipinski definition) is 5. The molecule has 0 aliphatic carbocycles. The number of esters is 1. The molecule has 0 saturated heterocycles. The van der Waals surface area contributed by atoms with Gasteiger partial charge < -0.3 is 20.2 Å². The SMILES string of the molecule is COCCCNc1cc(C(=O)OC)ccc1C=N. The predicted octanol–water partition coefficient (Wildman–Crippen LogP) is 1.92. The van der Waals surface area contributed by atoms with Gasteiger partial charge in [-0.1, -0.05) is 6.07 Å². The van der Waals surface area contributed by atoms with E-state index in [1.54, 1.807) is 25.3 Å². The molecular formula is C13H18N2O3. The van der Waals surface area contributed by atoms with Crippen molar-refractivity contribution in [3.63, 3.8) is 0 Å². The van der Waals surface area contributed by atoms with Crippen LogP contribution in [0.1, 0.15) is 22.3 Å². The Morgan fingerprint density at radius 1 is 1.44 bits per heavy atom. The zero-order valence-corrected chi connectivity index (χ0v) is 10.7. The van der Waals surface area contributed by atoms with Crippen LogP contribution in [0.2, 0.25) is 0 Å². The third kappa shape index (κ3) is 3.85. The number of carbonyl (C=O) groups is 1. The highest BCUT2D eigenvalue weighted by Gasteiger charge is 2.08. The Morgan fingerprint density at radius 2 is 2.22 bits per heavy atom. The molecule has 2 N–H and O–H groups in total. The molecule has 0 atom stereocenters. The molecule has 0 unspecified atom stereocenters. The number of ether oxygens (including phenoxy) is 2. The molecule has 98 valence electrons. The van der Waals surface area contributed by atoms with E-state index in [4.69, 9.17) is 10.1 Å². The summed E-state index contributed by atoms with van der Waals surface area (Å²) < 4.78 is 9.62. The van der Waals surface area contributed by atoms with Crippen molar-refractivity contribution in [1.29, 1.82) is 5.41 Å². The van der Waals surface area contributed by atoms with Crippen molar-refractivity contribution in [2.24, 2.45) is 0 Å². The van der Waals surface area contributed by atoms with Gasteiger partial charge in [0.25, 0.3) is 0 Å². The van der Waals surface area contributed by atoms with Gasteiger partial charge in [-0.25, -0.2) is 4.79 Å². The van der Waals surface area contributed by atoms with Crippen LogP contribution < -0.4 is 5.32 Å². The molecule has 0 spiro atoms. The van der Waals surface area contributed by atoms with Crippen LogP contribution >= 0.6 is 0 Å². The first kappa shape index (κ1) is 14.2. The molecule has 0 aromatic heterocycles. The van der Waals surface area contributed by atoms with E-state index >= 15 is 0 Å². The summed E-state index contributed by atoms with van der Waals surface area (Å²) >= 11 is 0. The summed E-state index contributed by atoms with van der Waals surface area (Å²) in [6, 6.07) is 5.06. The van der Waals surface area contributed by atoms with Gasteiger partial charge in [0.05, 0.1) is 12.7 Å². The summed E-state index contributed by atoms with van der Waals surface area (Å²) in [5.74, 6) is -0.383. The Balaban J connectivity index is 2.78. The minimum Gasteiger partial charge on any atom is -0.465 e. The third-order valence-electron chi connectivity index (χ3n) is 2.47. The van der Waals surface area contributed by atoms with Gasteiger partial charge in [-0.05, 0) is 18.6 Å². The fraction of sp³-hybridized carbons (Fsp3) is 0.385. The average Bonchev–Trinajstić information content (AvgIpc) is 2.42. The number of methoxy groups -OCH3 is 2. The first-order valence-electron chi connectivity index (χ1n) is 5.68. The van der Waals surface area contributed by atoms with Gasteiger partial charge in [-0.15, -0.1) is 0 Å². The van der Waals surface area contributed by atoms with E-state index in [0.29, 0.717) is 12.2 Å². The zero-order valence-electron chi connectivity index (χ0n) is 10.7. The van der Waals surface area contributed by atoms with Gasteiger partial charge in [-0.2, -0.15) is 0 Å². The molecule has 0 aliphatic heterocycles. The molecule has 0 bridgehead atoms. The largest absolute Gasteiger partial charge is 0.465 e. The van der Waals surface area contributed by atoms with Gasteiger partial charge in [-0.3, -0.25) is 0 Å². The summed E-state index contributed by atoms with van der Waals surface area (Å²) in [6.07, 6.45) is 2.11. The van der Waals surface area contributed by atoms with E-state index in [-0.39, 0.29) is 5.97 Å². The normalized spacial score (nSPS) is 9.89. The topological polar surface area (TPSA) is 71.4 Å². The first-order chi connectivity index (χ1) is 8.72. The molecule has 0 heterocycles. The number of rotatable bonds is 7. The van der Waals surface area contributed by atoms with Crippen molar-refractivity contribution < 1.29 is 14.3 Å². The fourth-order valence-electron chi connectivity index (χ4n) is 1.52. The zero-order chi connectivity index (χ0) is 13.4. The molecule has 5 heteroatoms. The lowest BCUT2D eigenvalue weighted by atomic mass is 10.1. The van der Waals surface area contributed by atoms with Gasteiger partial charge in [0.2, 0.25) is 0 Å². The maximum atomic E-state index is 11.4. The Kier molecular flexibility index (Phi) is 5.87. The van der Waals surface area contributed by atoms with E-state index in [1.807, 2.05) is 0 Å². The van der Waals surface area contributed by atoms with Crippen LogP contribution in [0, 0.1) is 5.41 Å². The number of anilines is 1. The highest BCUT2D eigenvalue weighted by atomic mass is 16.5. The second kappa shape index (κ2) is 7.45. The predicted molar refractivity (Wildman–Crippen MR) is 70.6 cm³/mol. The Labute approximate surface area is 107 Å². The van der Waals surface area contributed by atoms with E-state index in [2.05, 4.69) is 10.1 Å². The molecule has 1 aromatic carbocycles. The van der Waals surface area contributed by atoms with Crippen LogP contribution in [0.5, 0.6) is 0 Å². The summed E-state index contributed by atoms with van der Waals surface area (Å²) in [7, 11) is 3.00. The smallest absolute Gasteiger partial charge is 0.337 e. The monoisotopic (exact) mass is 250 g/mol. The van der Waals surface area contributed by atoms with Crippen molar-refractivity contribution in [1.82, 2.24) is 0 Å². The van der Waals surface area contributed by atoms with E-state index in [9.17, 15) is 4.79 Å². The van der Waals surface area contributed by atoms with Crippen LogP contribution in [0.25, 0.3) is 0 Å². The second-order valence-corrected chi connectivity index (χ2v) is 3.71. The standard InChI is InChI=1S/C13H18N2O3/c1-17-7-3-6-15-12-8-10(13(16)18-2)4-5-11(12)9-14/h4-5,8-9,14-15H,3,6-7H2,1-2H3. The minimum atomic E-state index is -0.383. The maximum Gasteiger partial charge on any atom is 0.337 e. The van der Waals surface area contributed by atoms with Crippen LogP contribution in [0.3, 0.4) is 0 Å². The Hall–Kier alpha value is -1.88. The van der Waals surface area contributed by atoms with Crippen LogP contribution in [0.4, 0.5) is 5.69 Å². The van der Waals surface area contributed by atoms with Gasteiger partial charge in [0.1, 0.15) is 0 Å². The highest BCUT2D eigenvalue weighted by molar-refractivity contribution is 5.94. The van der Waals surface area contributed by atoms with Gasteiger partial charge >= 0.3 is 5.97 Å². The fourth-order valence-corrected chi connectivity index (χ4v) is 1.52. The van der Waals surface area contributed by atoms with E-state index < -0.39 is 0 Å². The maximum absolute atomic E-state index is 11.4. The summed E-state index contributed by atoms with van der Waals surface area (Å²) in [5, 5.41) is 10.5. The van der Waals surface area contributed by atoms with Crippen molar-refractivity contribution in [2.45, 2.75) is 6.42 Å². The number of carbonyl (C=O) groups excluding carboxylic acids is 1. The first-order valence-corrected chi connectivity index (χ1v) is 5.68. The van der Waals surface area contributed by atoms with Gasteiger partial charge in [0.15, 0.2) is 0 Å². The van der Waals surface area contributed by atoms with Crippen molar-refractivity contribution >= 4 is 17.9 Å². The molecule has 0 amide bonds. The molecule has 1 rings (SSSR count). The van der Waals surface area contributed by atoms with Crippen molar-refractivity contribution in [2.75, 3.05) is 32.7 Å². The number of nitrogens with one attached hydrogen (secondary N) is 2. The van der Waals surface area contributed by atoms with Crippen LogP contribution in [-0.4, -0.2) is 39.6 Å². The minimum absolute atomic E-state index is 0.383. The lowest BCUT2D eigenvalue weighted by molar-refractivity contribution is 0.0601. The molecule has 0 radical (unpaired) electrons.